The van der Waals surface area contributed by atoms with E-state index in [9.17, 15) is 5.11 Å². The van der Waals surface area contributed by atoms with Gasteiger partial charge in [0.05, 0.1) is 0 Å². The lowest BCUT2D eigenvalue weighted by atomic mass is 10.0. The van der Waals surface area contributed by atoms with Crippen molar-refractivity contribution in [1.82, 2.24) is 5.32 Å². The Hall–Kier alpha value is -0.230. The molecular weight excluding hydrogens is 350 g/mol. The summed E-state index contributed by atoms with van der Waals surface area (Å²) in [6.07, 6.45) is 3.91. The van der Waals surface area contributed by atoms with Gasteiger partial charge in [-0.05, 0) is 43.4 Å². The van der Waals surface area contributed by atoms with Gasteiger partial charge in [-0.3, -0.25) is 0 Å². The largest absolute Gasteiger partial charge is 0.491 e. The van der Waals surface area contributed by atoms with Crippen LogP contribution < -0.4 is 10.1 Å². The van der Waals surface area contributed by atoms with Gasteiger partial charge in [0.25, 0.3) is 0 Å². The van der Waals surface area contributed by atoms with Crippen molar-refractivity contribution >= 4 is 27.7 Å². The Morgan fingerprint density at radius 1 is 1.29 bits per heavy atom. The van der Waals surface area contributed by atoms with Crippen LogP contribution in [0.15, 0.2) is 28.7 Å². The van der Waals surface area contributed by atoms with Gasteiger partial charge in [0.1, 0.15) is 18.5 Å². The van der Waals surface area contributed by atoms with E-state index in [2.05, 4.69) is 41.3 Å². The zero-order valence-electron chi connectivity index (χ0n) is 13.1. The van der Waals surface area contributed by atoms with Gasteiger partial charge in [-0.2, -0.15) is 11.8 Å². The summed E-state index contributed by atoms with van der Waals surface area (Å²) in [5, 5.41) is 13.3. The molecule has 120 valence electrons. The number of rotatable bonds is 10. The highest BCUT2D eigenvalue weighted by Crippen LogP contribution is 2.29. The maximum Gasteiger partial charge on any atom is 0.119 e. The van der Waals surface area contributed by atoms with Crippen LogP contribution in [0.25, 0.3) is 0 Å². The molecule has 1 rings (SSSR count). The van der Waals surface area contributed by atoms with Gasteiger partial charge in [0, 0.05) is 22.3 Å². The molecule has 0 saturated heterocycles. The van der Waals surface area contributed by atoms with E-state index in [0.29, 0.717) is 13.2 Å². The van der Waals surface area contributed by atoms with Crippen molar-refractivity contribution in [2.24, 2.45) is 0 Å². The Morgan fingerprint density at radius 3 is 2.43 bits per heavy atom. The average Bonchev–Trinajstić information content (AvgIpc) is 2.51. The molecule has 0 aliphatic rings. The second kappa shape index (κ2) is 9.72. The molecule has 21 heavy (non-hydrogen) atoms. The van der Waals surface area contributed by atoms with Gasteiger partial charge < -0.3 is 15.2 Å². The van der Waals surface area contributed by atoms with Crippen molar-refractivity contribution in [2.75, 3.05) is 26.0 Å². The Morgan fingerprint density at radius 2 is 1.90 bits per heavy atom. The number of halogens is 1. The summed E-state index contributed by atoms with van der Waals surface area (Å²) in [6.45, 7) is 6.21. The quantitative estimate of drug-likeness (QED) is 0.654. The summed E-state index contributed by atoms with van der Waals surface area (Å²) in [5.41, 5.74) is 0. The predicted octanol–water partition coefficient (Wildman–Crippen LogP) is 3.70. The number of thioether (sulfide) groups is 1. The summed E-state index contributed by atoms with van der Waals surface area (Å²) in [6, 6.07) is 7.62. The van der Waals surface area contributed by atoms with Gasteiger partial charge >= 0.3 is 0 Å². The number of aliphatic hydroxyl groups is 1. The fraction of sp³-hybridized carbons (Fsp3) is 0.625. The topological polar surface area (TPSA) is 41.5 Å². The van der Waals surface area contributed by atoms with Crippen molar-refractivity contribution in [2.45, 2.75) is 37.5 Å². The highest BCUT2D eigenvalue weighted by molar-refractivity contribution is 9.10. The highest BCUT2D eigenvalue weighted by Gasteiger charge is 2.24. The number of benzene rings is 1. The molecule has 0 spiro atoms. The SMILES string of the molecule is CCC(CC)(CNCC(O)COc1ccc(Br)cc1)SC. The number of hydrogen-bond donors (Lipinski definition) is 2. The van der Waals surface area contributed by atoms with Crippen LogP contribution in [0.2, 0.25) is 0 Å². The van der Waals surface area contributed by atoms with Gasteiger partial charge in [-0.15, -0.1) is 0 Å². The molecule has 0 aromatic heterocycles. The average molecular weight is 376 g/mol. The molecule has 5 heteroatoms. The van der Waals surface area contributed by atoms with Crippen LogP contribution in [-0.4, -0.2) is 41.9 Å². The first-order valence-electron chi connectivity index (χ1n) is 7.37. The summed E-state index contributed by atoms with van der Waals surface area (Å²) in [7, 11) is 0. The molecule has 0 saturated carbocycles. The van der Waals surface area contributed by atoms with E-state index in [1.807, 2.05) is 36.0 Å². The number of nitrogens with one attached hydrogen (secondary N) is 1. The van der Waals surface area contributed by atoms with Gasteiger partial charge in [-0.1, -0.05) is 29.8 Å². The van der Waals surface area contributed by atoms with Gasteiger partial charge in [-0.25, -0.2) is 0 Å². The lowest BCUT2D eigenvalue weighted by Gasteiger charge is -2.30. The van der Waals surface area contributed by atoms with Crippen LogP contribution >= 0.6 is 27.7 Å². The minimum atomic E-state index is -0.498. The molecule has 1 aromatic carbocycles. The van der Waals surface area contributed by atoms with Crippen molar-refractivity contribution in [3.8, 4) is 5.75 Å². The Labute approximate surface area is 141 Å². The van der Waals surface area contributed by atoms with Crippen molar-refractivity contribution in [3.63, 3.8) is 0 Å². The molecule has 2 N–H and O–H groups in total. The second-order valence-electron chi connectivity index (χ2n) is 5.14. The van der Waals surface area contributed by atoms with Crippen LogP contribution in [-0.2, 0) is 0 Å². The molecule has 1 aromatic rings. The zero-order valence-corrected chi connectivity index (χ0v) is 15.5. The molecule has 0 fully saturated rings. The van der Waals surface area contributed by atoms with E-state index in [1.54, 1.807) is 0 Å². The van der Waals surface area contributed by atoms with Gasteiger partial charge in [0.15, 0.2) is 0 Å². The molecule has 1 unspecified atom stereocenters. The van der Waals surface area contributed by atoms with Crippen LogP contribution in [0.3, 0.4) is 0 Å². The first-order valence-corrected chi connectivity index (χ1v) is 9.39. The third-order valence-electron chi connectivity index (χ3n) is 3.80. The van der Waals surface area contributed by atoms with E-state index in [1.165, 1.54) is 0 Å². The second-order valence-corrected chi connectivity index (χ2v) is 7.33. The number of aliphatic hydroxyl groups excluding tert-OH is 1. The normalized spacial score (nSPS) is 13.2. The lowest BCUT2D eigenvalue weighted by molar-refractivity contribution is 0.106. The van der Waals surface area contributed by atoms with E-state index in [-0.39, 0.29) is 4.75 Å². The van der Waals surface area contributed by atoms with E-state index in [0.717, 1.165) is 29.6 Å². The molecule has 0 radical (unpaired) electrons. The Balaban J connectivity index is 2.27. The fourth-order valence-electron chi connectivity index (χ4n) is 2.11. The number of ether oxygens (including phenoxy) is 1. The lowest BCUT2D eigenvalue weighted by Crippen LogP contribution is -2.41. The van der Waals surface area contributed by atoms with Crippen LogP contribution in [0.5, 0.6) is 5.75 Å². The summed E-state index contributed by atoms with van der Waals surface area (Å²) in [4.78, 5) is 0. The summed E-state index contributed by atoms with van der Waals surface area (Å²) >= 11 is 5.28. The fourth-order valence-corrected chi connectivity index (χ4v) is 3.20. The Bertz CT molecular complexity index is 388. The molecule has 0 heterocycles. The third-order valence-corrected chi connectivity index (χ3v) is 5.92. The molecular formula is C16H26BrNO2S. The third kappa shape index (κ3) is 6.59. The smallest absolute Gasteiger partial charge is 0.119 e. The molecule has 3 nitrogen and oxygen atoms in total. The molecule has 0 amide bonds. The first kappa shape index (κ1) is 18.8. The minimum Gasteiger partial charge on any atom is -0.491 e. The maximum atomic E-state index is 9.98. The molecule has 1 atom stereocenters. The van der Waals surface area contributed by atoms with Crippen molar-refractivity contribution in [1.29, 1.82) is 0 Å². The maximum absolute atomic E-state index is 9.98. The minimum absolute atomic E-state index is 0.270. The van der Waals surface area contributed by atoms with E-state index >= 15 is 0 Å². The van der Waals surface area contributed by atoms with Crippen LogP contribution in [0.1, 0.15) is 26.7 Å². The van der Waals surface area contributed by atoms with Crippen LogP contribution in [0, 0.1) is 0 Å². The van der Waals surface area contributed by atoms with Gasteiger partial charge in [0.2, 0.25) is 0 Å². The number of hydrogen-bond acceptors (Lipinski definition) is 4. The van der Waals surface area contributed by atoms with Crippen LogP contribution in [0.4, 0.5) is 0 Å². The Kier molecular flexibility index (Phi) is 8.71. The zero-order chi connectivity index (χ0) is 15.7. The first-order chi connectivity index (χ1) is 10.0. The van der Waals surface area contributed by atoms with Crippen molar-refractivity contribution < 1.29 is 9.84 Å². The summed E-state index contributed by atoms with van der Waals surface area (Å²) in [5.74, 6) is 0.776. The van der Waals surface area contributed by atoms with Crippen molar-refractivity contribution in [3.05, 3.63) is 28.7 Å². The molecule has 0 aliphatic heterocycles. The predicted molar refractivity (Wildman–Crippen MR) is 95.3 cm³/mol. The standard InChI is InChI=1S/C16H26BrNO2S/c1-4-16(5-2,21-3)12-18-10-14(19)11-20-15-8-6-13(17)7-9-15/h6-9,14,18-19H,4-5,10-12H2,1-3H3. The van der Waals surface area contributed by atoms with E-state index in [4.69, 9.17) is 4.74 Å². The summed E-state index contributed by atoms with van der Waals surface area (Å²) < 4.78 is 6.86. The monoisotopic (exact) mass is 375 g/mol. The molecule has 0 bridgehead atoms. The molecule has 0 aliphatic carbocycles. The highest BCUT2D eigenvalue weighted by atomic mass is 79.9. The van der Waals surface area contributed by atoms with E-state index < -0.39 is 6.10 Å².